The first kappa shape index (κ1) is 11.9. The van der Waals surface area contributed by atoms with Crippen LogP contribution in [0.3, 0.4) is 0 Å². The molecule has 19 heavy (non-hydrogen) atoms. The van der Waals surface area contributed by atoms with Crippen LogP contribution in [0.25, 0.3) is 16.7 Å². The molecular weight excluding hydrogens is 262 g/mol. The summed E-state index contributed by atoms with van der Waals surface area (Å²) in [7, 11) is 1.61. The lowest BCUT2D eigenvalue weighted by Crippen LogP contribution is -2.00. The molecule has 3 rings (SSSR count). The Morgan fingerprint density at radius 3 is 2.74 bits per heavy atom. The van der Waals surface area contributed by atoms with Crippen LogP contribution in [0.15, 0.2) is 42.5 Å². The van der Waals surface area contributed by atoms with Gasteiger partial charge in [0, 0.05) is 5.02 Å². The molecule has 0 amide bonds. The minimum atomic E-state index is 0.404. The number of nitrogens with zero attached hydrogens (tertiary/aromatic N) is 2. The average Bonchev–Trinajstić information content (AvgIpc) is 2.74. The summed E-state index contributed by atoms with van der Waals surface area (Å²) in [5.41, 5.74) is 8.51. The van der Waals surface area contributed by atoms with Crippen LogP contribution >= 0.6 is 11.6 Å². The number of rotatable bonds is 2. The summed E-state index contributed by atoms with van der Waals surface area (Å²) in [5, 5.41) is 0.654. The van der Waals surface area contributed by atoms with Crippen molar-refractivity contribution < 1.29 is 4.74 Å². The lowest BCUT2D eigenvalue weighted by atomic mass is 10.2. The third kappa shape index (κ3) is 1.90. The number of fused-ring (bicyclic) bond motifs is 1. The maximum atomic E-state index is 6.02. The predicted molar refractivity (Wildman–Crippen MR) is 77.0 cm³/mol. The van der Waals surface area contributed by atoms with Crippen LogP contribution < -0.4 is 10.5 Å². The van der Waals surface area contributed by atoms with Gasteiger partial charge in [-0.2, -0.15) is 0 Å². The van der Waals surface area contributed by atoms with Gasteiger partial charge in [-0.3, -0.25) is 4.57 Å². The molecule has 0 bridgehead atoms. The van der Waals surface area contributed by atoms with E-state index in [0.717, 1.165) is 16.7 Å². The maximum absolute atomic E-state index is 6.02. The standard InChI is InChI=1S/C14H12ClN3O/c1-19-12-7-3-6-11-13(12)17-14(16)18(11)10-5-2-4-9(15)8-10/h2-8H,1H3,(H2,16,17). The molecule has 0 radical (unpaired) electrons. The van der Waals surface area contributed by atoms with Crippen molar-refractivity contribution in [3.8, 4) is 11.4 Å². The zero-order valence-corrected chi connectivity index (χ0v) is 11.1. The van der Waals surface area contributed by atoms with Crippen LogP contribution in [0.4, 0.5) is 5.95 Å². The molecule has 5 heteroatoms. The zero-order chi connectivity index (χ0) is 13.4. The summed E-state index contributed by atoms with van der Waals surface area (Å²) in [5.74, 6) is 1.10. The molecule has 0 aliphatic rings. The fraction of sp³-hybridized carbons (Fsp3) is 0.0714. The zero-order valence-electron chi connectivity index (χ0n) is 10.3. The van der Waals surface area contributed by atoms with Crippen molar-refractivity contribution in [3.63, 3.8) is 0 Å². The van der Waals surface area contributed by atoms with Gasteiger partial charge in [-0.25, -0.2) is 4.98 Å². The van der Waals surface area contributed by atoms with Gasteiger partial charge in [-0.1, -0.05) is 23.7 Å². The van der Waals surface area contributed by atoms with Gasteiger partial charge in [0.1, 0.15) is 11.3 Å². The molecule has 0 aliphatic heterocycles. The highest BCUT2D eigenvalue weighted by Gasteiger charge is 2.13. The highest BCUT2D eigenvalue weighted by Crippen LogP contribution is 2.30. The summed E-state index contributed by atoms with van der Waals surface area (Å²) in [6.07, 6.45) is 0. The van der Waals surface area contributed by atoms with Crippen LogP contribution in [-0.4, -0.2) is 16.7 Å². The van der Waals surface area contributed by atoms with E-state index in [0.29, 0.717) is 16.7 Å². The van der Waals surface area contributed by atoms with E-state index in [2.05, 4.69) is 4.98 Å². The molecule has 0 saturated carbocycles. The summed E-state index contributed by atoms with van der Waals surface area (Å²) < 4.78 is 7.15. The Morgan fingerprint density at radius 2 is 2.00 bits per heavy atom. The van der Waals surface area contributed by atoms with Crippen molar-refractivity contribution in [3.05, 3.63) is 47.5 Å². The average molecular weight is 274 g/mol. The van der Waals surface area contributed by atoms with Crippen LogP contribution in [0, 0.1) is 0 Å². The number of hydrogen-bond acceptors (Lipinski definition) is 3. The van der Waals surface area contributed by atoms with E-state index in [1.54, 1.807) is 7.11 Å². The molecule has 2 aromatic carbocycles. The number of methoxy groups -OCH3 is 1. The SMILES string of the molecule is COc1cccc2c1nc(N)n2-c1cccc(Cl)c1. The first-order valence-electron chi connectivity index (χ1n) is 5.77. The maximum Gasteiger partial charge on any atom is 0.206 e. The number of imidazole rings is 1. The number of benzene rings is 2. The summed E-state index contributed by atoms with van der Waals surface area (Å²) in [6.45, 7) is 0. The van der Waals surface area contributed by atoms with Gasteiger partial charge in [0.25, 0.3) is 0 Å². The van der Waals surface area contributed by atoms with Crippen molar-refractivity contribution in [1.29, 1.82) is 0 Å². The monoisotopic (exact) mass is 273 g/mol. The fourth-order valence-electron chi connectivity index (χ4n) is 2.14. The minimum Gasteiger partial charge on any atom is -0.494 e. The predicted octanol–water partition coefficient (Wildman–Crippen LogP) is 3.27. The number of hydrogen-bond donors (Lipinski definition) is 1. The number of nitrogen functional groups attached to an aromatic ring is 1. The van der Waals surface area contributed by atoms with Gasteiger partial charge in [-0.05, 0) is 30.3 Å². The van der Waals surface area contributed by atoms with E-state index < -0.39 is 0 Å². The van der Waals surface area contributed by atoms with E-state index in [9.17, 15) is 0 Å². The molecule has 1 aromatic heterocycles. The molecule has 0 unspecified atom stereocenters. The molecule has 2 N–H and O–H groups in total. The second kappa shape index (κ2) is 4.48. The first-order valence-corrected chi connectivity index (χ1v) is 6.15. The normalized spacial score (nSPS) is 10.8. The van der Waals surface area contributed by atoms with Gasteiger partial charge in [0.15, 0.2) is 0 Å². The van der Waals surface area contributed by atoms with Crippen molar-refractivity contribution in [2.45, 2.75) is 0 Å². The van der Waals surface area contributed by atoms with Gasteiger partial charge >= 0.3 is 0 Å². The Bertz CT molecular complexity index is 752. The quantitative estimate of drug-likeness (QED) is 0.780. The topological polar surface area (TPSA) is 53.1 Å². The molecular formula is C14H12ClN3O. The van der Waals surface area contributed by atoms with Crippen molar-refractivity contribution in [2.75, 3.05) is 12.8 Å². The third-order valence-corrected chi connectivity index (χ3v) is 3.20. The lowest BCUT2D eigenvalue weighted by Gasteiger charge is -2.07. The van der Waals surface area contributed by atoms with Gasteiger partial charge in [0.2, 0.25) is 5.95 Å². The highest BCUT2D eigenvalue weighted by molar-refractivity contribution is 6.30. The molecule has 4 nitrogen and oxygen atoms in total. The number of nitrogens with two attached hydrogens (primary N) is 1. The van der Waals surface area contributed by atoms with Crippen molar-refractivity contribution in [2.24, 2.45) is 0 Å². The smallest absolute Gasteiger partial charge is 0.206 e. The van der Waals surface area contributed by atoms with E-state index in [1.165, 1.54) is 0 Å². The number of ether oxygens (including phenoxy) is 1. The molecule has 0 atom stereocenters. The molecule has 0 saturated heterocycles. The summed E-state index contributed by atoms with van der Waals surface area (Å²) in [4.78, 5) is 4.36. The van der Waals surface area contributed by atoms with Gasteiger partial charge in [-0.15, -0.1) is 0 Å². The highest BCUT2D eigenvalue weighted by atomic mass is 35.5. The van der Waals surface area contributed by atoms with E-state index in [-0.39, 0.29) is 0 Å². The van der Waals surface area contributed by atoms with Crippen LogP contribution in [-0.2, 0) is 0 Å². The van der Waals surface area contributed by atoms with E-state index in [1.807, 2.05) is 47.0 Å². The fourth-order valence-corrected chi connectivity index (χ4v) is 2.33. The number of aromatic nitrogens is 2. The molecule has 0 fully saturated rings. The van der Waals surface area contributed by atoms with Crippen LogP contribution in [0.1, 0.15) is 0 Å². The molecule has 0 aliphatic carbocycles. The Kier molecular flexibility index (Phi) is 2.80. The molecule has 96 valence electrons. The van der Waals surface area contributed by atoms with Gasteiger partial charge in [0.05, 0.1) is 18.3 Å². The van der Waals surface area contributed by atoms with Crippen molar-refractivity contribution >= 4 is 28.6 Å². The Balaban J connectivity index is 2.32. The van der Waals surface area contributed by atoms with Gasteiger partial charge < -0.3 is 10.5 Å². The molecule has 1 heterocycles. The van der Waals surface area contributed by atoms with Crippen LogP contribution in [0.5, 0.6) is 5.75 Å². The van der Waals surface area contributed by atoms with Crippen LogP contribution in [0.2, 0.25) is 5.02 Å². The van der Waals surface area contributed by atoms with Crippen molar-refractivity contribution in [1.82, 2.24) is 9.55 Å². The largest absolute Gasteiger partial charge is 0.494 e. The third-order valence-electron chi connectivity index (χ3n) is 2.96. The van der Waals surface area contributed by atoms with E-state index >= 15 is 0 Å². The molecule has 3 aromatic rings. The number of para-hydroxylation sites is 1. The second-order valence-corrected chi connectivity index (χ2v) is 4.55. The Hall–Kier alpha value is -2.20. The summed E-state index contributed by atoms with van der Waals surface area (Å²) in [6, 6.07) is 13.2. The Labute approximate surface area is 115 Å². The lowest BCUT2D eigenvalue weighted by molar-refractivity contribution is 0.419. The number of halogens is 1. The minimum absolute atomic E-state index is 0.404. The second-order valence-electron chi connectivity index (χ2n) is 4.11. The molecule has 0 spiro atoms. The number of anilines is 1. The Morgan fingerprint density at radius 1 is 1.21 bits per heavy atom. The first-order chi connectivity index (χ1) is 9.20. The van der Waals surface area contributed by atoms with E-state index in [4.69, 9.17) is 22.1 Å². The summed E-state index contributed by atoms with van der Waals surface area (Å²) >= 11 is 6.02.